The van der Waals surface area contributed by atoms with Crippen LogP contribution in [0, 0.1) is 5.92 Å². The minimum Gasteiger partial charge on any atom is -0.497 e. The number of benzene rings is 3. The van der Waals surface area contributed by atoms with Gasteiger partial charge >= 0.3 is 0 Å². The summed E-state index contributed by atoms with van der Waals surface area (Å²) in [4.78, 5) is 39.3. The van der Waals surface area contributed by atoms with E-state index in [2.05, 4.69) is 16.0 Å². The third kappa shape index (κ3) is 8.09. The van der Waals surface area contributed by atoms with Crippen LogP contribution < -0.4 is 25.4 Å². The molecule has 0 saturated heterocycles. The van der Waals surface area contributed by atoms with Crippen molar-refractivity contribution in [2.75, 3.05) is 14.2 Å². The van der Waals surface area contributed by atoms with Gasteiger partial charge in [0.15, 0.2) is 0 Å². The Morgan fingerprint density at radius 3 is 1.76 bits per heavy atom. The van der Waals surface area contributed by atoms with Crippen molar-refractivity contribution in [1.29, 1.82) is 0 Å². The zero-order valence-corrected chi connectivity index (χ0v) is 22.2. The Labute approximate surface area is 223 Å². The molecule has 0 radical (unpaired) electrons. The first-order valence-electron chi connectivity index (χ1n) is 12.5. The van der Waals surface area contributed by atoms with Crippen molar-refractivity contribution in [2.24, 2.45) is 5.92 Å². The predicted octanol–water partition coefficient (Wildman–Crippen LogP) is 4.09. The van der Waals surface area contributed by atoms with Gasteiger partial charge in [0.2, 0.25) is 5.91 Å². The molecule has 0 bridgehead atoms. The van der Waals surface area contributed by atoms with Gasteiger partial charge in [0.05, 0.1) is 25.3 Å². The first kappa shape index (κ1) is 28.2. The van der Waals surface area contributed by atoms with Crippen molar-refractivity contribution in [3.63, 3.8) is 0 Å². The molecule has 0 unspecified atom stereocenters. The second-order valence-corrected chi connectivity index (χ2v) is 9.30. The molecule has 3 aromatic carbocycles. The van der Waals surface area contributed by atoms with Crippen LogP contribution in [0.15, 0.2) is 72.8 Å². The van der Waals surface area contributed by atoms with Gasteiger partial charge in [0, 0.05) is 13.1 Å². The van der Waals surface area contributed by atoms with Crippen LogP contribution in [-0.2, 0) is 17.9 Å². The maximum absolute atomic E-state index is 13.3. The third-order valence-corrected chi connectivity index (χ3v) is 5.93. The lowest BCUT2D eigenvalue weighted by Gasteiger charge is -2.21. The number of nitrogens with one attached hydrogen (secondary N) is 3. The highest BCUT2D eigenvalue weighted by atomic mass is 16.5. The summed E-state index contributed by atoms with van der Waals surface area (Å²) in [6.45, 7) is 4.53. The van der Waals surface area contributed by atoms with E-state index < -0.39 is 11.9 Å². The van der Waals surface area contributed by atoms with Crippen molar-refractivity contribution in [2.45, 2.75) is 39.4 Å². The Kier molecular flexibility index (Phi) is 10.3. The van der Waals surface area contributed by atoms with Crippen LogP contribution in [-0.4, -0.2) is 38.0 Å². The van der Waals surface area contributed by atoms with E-state index in [-0.39, 0.29) is 35.4 Å². The fraction of sp³-hybridized carbons (Fsp3) is 0.300. The Morgan fingerprint density at radius 1 is 0.711 bits per heavy atom. The first-order valence-corrected chi connectivity index (χ1v) is 12.5. The second kappa shape index (κ2) is 13.8. The van der Waals surface area contributed by atoms with Crippen LogP contribution >= 0.6 is 0 Å². The molecule has 0 fully saturated rings. The molecular formula is C30H35N3O5. The molecule has 0 heterocycles. The lowest BCUT2D eigenvalue weighted by molar-refractivity contribution is -0.123. The average Bonchev–Trinajstić information content (AvgIpc) is 2.94. The third-order valence-electron chi connectivity index (χ3n) is 5.93. The minimum atomic E-state index is -0.763. The highest BCUT2D eigenvalue weighted by molar-refractivity contribution is 6.08. The molecule has 0 aromatic heterocycles. The van der Waals surface area contributed by atoms with Crippen LogP contribution in [0.25, 0.3) is 0 Å². The summed E-state index contributed by atoms with van der Waals surface area (Å²) in [5.74, 6) is 0.377. The molecule has 38 heavy (non-hydrogen) atoms. The molecular weight excluding hydrogens is 482 g/mol. The van der Waals surface area contributed by atoms with Crippen LogP contribution in [0.4, 0.5) is 0 Å². The number of methoxy groups -OCH3 is 2. The van der Waals surface area contributed by atoms with Gasteiger partial charge in [-0.15, -0.1) is 0 Å². The Balaban J connectivity index is 1.69. The second-order valence-electron chi connectivity index (χ2n) is 9.30. The summed E-state index contributed by atoms with van der Waals surface area (Å²) in [5, 5.41) is 8.59. The molecule has 0 aliphatic heterocycles. The molecule has 200 valence electrons. The molecule has 3 amide bonds. The molecule has 0 aliphatic carbocycles. The van der Waals surface area contributed by atoms with Crippen LogP contribution in [0.2, 0.25) is 0 Å². The molecule has 3 N–H and O–H groups in total. The quantitative estimate of drug-likeness (QED) is 0.336. The van der Waals surface area contributed by atoms with Gasteiger partial charge in [-0.25, -0.2) is 0 Å². The fourth-order valence-electron chi connectivity index (χ4n) is 3.97. The van der Waals surface area contributed by atoms with E-state index in [4.69, 9.17) is 9.47 Å². The molecule has 3 aromatic rings. The van der Waals surface area contributed by atoms with E-state index in [0.717, 1.165) is 11.1 Å². The minimum absolute atomic E-state index is 0.157. The van der Waals surface area contributed by atoms with Crippen LogP contribution in [0.1, 0.15) is 52.1 Å². The van der Waals surface area contributed by atoms with Crippen molar-refractivity contribution >= 4 is 17.7 Å². The molecule has 1 atom stereocenters. The monoisotopic (exact) mass is 517 g/mol. The molecule has 0 aliphatic rings. The van der Waals surface area contributed by atoms with Gasteiger partial charge in [-0.05, 0) is 59.9 Å². The lowest BCUT2D eigenvalue weighted by atomic mass is 10.0. The fourth-order valence-corrected chi connectivity index (χ4v) is 3.97. The van der Waals surface area contributed by atoms with E-state index in [1.165, 1.54) is 0 Å². The standard InChI is InChI=1S/C30H35N3O5/c1-20(2)15-27(30(36)32-19-22-10-8-12-24(17-22)38-4)33-29(35)26-14-6-5-13-25(26)28(34)31-18-21-9-7-11-23(16-21)37-3/h5-14,16-17,20,27H,15,18-19H2,1-4H3,(H,31,34)(H,32,36)(H,33,35)/t27-/m1/s1. The molecule has 0 spiro atoms. The number of carbonyl (C=O) groups excluding carboxylic acids is 3. The number of carbonyl (C=O) groups is 3. The Hall–Kier alpha value is -4.33. The van der Waals surface area contributed by atoms with Crippen LogP contribution in [0.3, 0.4) is 0 Å². The first-order chi connectivity index (χ1) is 18.3. The number of rotatable bonds is 12. The van der Waals surface area contributed by atoms with Gasteiger partial charge in [-0.2, -0.15) is 0 Å². The van der Waals surface area contributed by atoms with Gasteiger partial charge < -0.3 is 25.4 Å². The van der Waals surface area contributed by atoms with Crippen molar-refractivity contribution in [1.82, 2.24) is 16.0 Å². The highest BCUT2D eigenvalue weighted by Crippen LogP contribution is 2.15. The van der Waals surface area contributed by atoms with E-state index in [9.17, 15) is 14.4 Å². The normalized spacial score (nSPS) is 11.4. The lowest BCUT2D eigenvalue weighted by Crippen LogP contribution is -2.47. The van der Waals surface area contributed by atoms with Gasteiger partial charge in [0.1, 0.15) is 17.5 Å². The summed E-state index contributed by atoms with van der Waals surface area (Å²) < 4.78 is 10.5. The SMILES string of the molecule is COc1cccc(CNC(=O)c2ccccc2C(=O)N[C@H](CC(C)C)C(=O)NCc2cccc(OC)c2)c1. The zero-order chi connectivity index (χ0) is 27.5. The maximum Gasteiger partial charge on any atom is 0.252 e. The molecule has 8 nitrogen and oxygen atoms in total. The van der Waals surface area contributed by atoms with E-state index >= 15 is 0 Å². The van der Waals surface area contributed by atoms with Crippen LogP contribution in [0.5, 0.6) is 11.5 Å². The highest BCUT2D eigenvalue weighted by Gasteiger charge is 2.25. The van der Waals surface area contributed by atoms with E-state index in [1.54, 1.807) is 38.5 Å². The summed E-state index contributed by atoms with van der Waals surface area (Å²) in [6, 6.07) is 20.6. The summed E-state index contributed by atoms with van der Waals surface area (Å²) in [7, 11) is 3.17. The molecule has 3 rings (SSSR count). The van der Waals surface area contributed by atoms with Crippen molar-refractivity contribution in [3.05, 3.63) is 95.1 Å². The molecule has 0 saturated carbocycles. The Morgan fingerprint density at radius 2 is 1.24 bits per heavy atom. The van der Waals surface area contributed by atoms with Crippen molar-refractivity contribution < 1.29 is 23.9 Å². The van der Waals surface area contributed by atoms with Gasteiger partial charge in [0.25, 0.3) is 11.8 Å². The molecule has 8 heteroatoms. The number of hydrogen-bond acceptors (Lipinski definition) is 5. The zero-order valence-electron chi connectivity index (χ0n) is 22.2. The topological polar surface area (TPSA) is 106 Å². The predicted molar refractivity (Wildman–Crippen MR) is 146 cm³/mol. The maximum atomic E-state index is 13.3. The largest absolute Gasteiger partial charge is 0.497 e. The van der Waals surface area contributed by atoms with Gasteiger partial charge in [-0.3, -0.25) is 14.4 Å². The summed E-state index contributed by atoms with van der Waals surface area (Å²) >= 11 is 0. The smallest absolute Gasteiger partial charge is 0.252 e. The van der Waals surface area contributed by atoms with Crippen molar-refractivity contribution in [3.8, 4) is 11.5 Å². The number of amides is 3. The number of ether oxygens (including phenoxy) is 2. The van der Waals surface area contributed by atoms with E-state index in [0.29, 0.717) is 24.5 Å². The summed E-state index contributed by atoms with van der Waals surface area (Å²) in [5.41, 5.74) is 2.17. The number of hydrogen-bond donors (Lipinski definition) is 3. The average molecular weight is 518 g/mol. The van der Waals surface area contributed by atoms with Gasteiger partial charge in [-0.1, -0.05) is 50.2 Å². The Bertz CT molecular complexity index is 1260. The summed E-state index contributed by atoms with van der Waals surface area (Å²) in [6.07, 6.45) is 0.444. The van der Waals surface area contributed by atoms with E-state index in [1.807, 2.05) is 62.4 Å².